The Labute approximate surface area is 155 Å². The highest BCUT2D eigenvalue weighted by molar-refractivity contribution is 14.1. The second-order valence-corrected chi connectivity index (χ2v) is 8.68. The van der Waals surface area contributed by atoms with Crippen molar-refractivity contribution in [3.63, 3.8) is 0 Å². The van der Waals surface area contributed by atoms with Crippen molar-refractivity contribution in [1.29, 1.82) is 0 Å². The molecule has 0 radical (unpaired) electrons. The van der Waals surface area contributed by atoms with Gasteiger partial charge in [0, 0.05) is 24.6 Å². The van der Waals surface area contributed by atoms with Crippen LogP contribution in [0.2, 0.25) is 0 Å². The minimum atomic E-state index is -1.60. The second-order valence-electron chi connectivity index (χ2n) is 6.50. The number of hydrogen-bond donors (Lipinski definition) is 1. The van der Waals surface area contributed by atoms with Crippen LogP contribution in [-0.2, 0) is 33.5 Å². The van der Waals surface area contributed by atoms with Crippen molar-refractivity contribution in [3.05, 3.63) is 21.0 Å². The number of halogens is 1. The van der Waals surface area contributed by atoms with Gasteiger partial charge in [-0.2, -0.15) is 5.10 Å². The smallest absolute Gasteiger partial charge is 0.410 e. The van der Waals surface area contributed by atoms with Gasteiger partial charge in [-0.1, -0.05) is 0 Å². The summed E-state index contributed by atoms with van der Waals surface area (Å²) in [5, 5.41) is 4.72. The predicted octanol–water partition coefficient (Wildman–Crippen LogP) is 1.37. The van der Waals surface area contributed by atoms with Gasteiger partial charge in [0.15, 0.2) is 16.0 Å². The Hall–Kier alpha value is -1.43. The summed E-state index contributed by atoms with van der Waals surface area (Å²) >= 11 is 2.08. The third-order valence-corrected chi connectivity index (χ3v) is 5.43. The lowest BCUT2D eigenvalue weighted by molar-refractivity contribution is -0.114. The van der Waals surface area contributed by atoms with Crippen molar-refractivity contribution >= 4 is 50.6 Å². The lowest BCUT2D eigenvalue weighted by Crippen LogP contribution is -2.40. The van der Waals surface area contributed by atoms with E-state index in [-0.39, 0.29) is 6.09 Å². The molecule has 1 unspecified atom stereocenters. The van der Waals surface area contributed by atoms with Crippen molar-refractivity contribution in [3.8, 4) is 0 Å². The van der Waals surface area contributed by atoms with E-state index in [9.17, 15) is 13.8 Å². The maximum atomic E-state index is 12.3. The maximum absolute atomic E-state index is 12.3. The molecular weight excluding hydrogens is 447 g/mol. The van der Waals surface area contributed by atoms with E-state index in [0.717, 1.165) is 11.3 Å². The van der Waals surface area contributed by atoms with Crippen LogP contribution in [0.1, 0.15) is 32.0 Å². The third kappa shape index (κ3) is 3.34. The van der Waals surface area contributed by atoms with Crippen LogP contribution in [0.5, 0.6) is 0 Å². The second kappa shape index (κ2) is 6.14. The summed E-state index contributed by atoms with van der Waals surface area (Å²) in [6, 6.07) is 0. The van der Waals surface area contributed by atoms with Crippen molar-refractivity contribution in [2.24, 2.45) is 0 Å². The van der Waals surface area contributed by atoms with Crippen LogP contribution in [0.3, 0.4) is 0 Å². The fourth-order valence-corrected chi connectivity index (χ4v) is 4.09. The molecule has 8 nitrogen and oxygen atoms in total. The van der Waals surface area contributed by atoms with E-state index in [1.54, 1.807) is 9.58 Å². The lowest BCUT2D eigenvalue weighted by atomic mass is 10.1. The van der Waals surface area contributed by atoms with Gasteiger partial charge in [-0.05, 0) is 43.4 Å². The van der Waals surface area contributed by atoms with Gasteiger partial charge in [0.1, 0.15) is 9.30 Å². The highest BCUT2D eigenvalue weighted by atomic mass is 127. The van der Waals surface area contributed by atoms with Crippen LogP contribution < -0.4 is 4.72 Å². The van der Waals surface area contributed by atoms with Gasteiger partial charge in [0.2, 0.25) is 0 Å². The van der Waals surface area contributed by atoms with Gasteiger partial charge in [-0.3, -0.25) is 9.52 Å². The van der Waals surface area contributed by atoms with Crippen LogP contribution in [0.25, 0.3) is 5.03 Å². The molecule has 0 aliphatic carbocycles. The number of carbonyl (C=O) groups is 2. The highest BCUT2D eigenvalue weighted by Crippen LogP contribution is 2.28. The SMILES string of the molecule is CC(C)(C)OC(=O)N1CCc2c(c(I)nn2C2=CC(=O)NS2=O)C1. The molecule has 3 heterocycles. The number of hydrogen-bond acceptors (Lipinski definition) is 5. The molecule has 130 valence electrons. The molecule has 1 N–H and O–H groups in total. The van der Waals surface area contributed by atoms with E-state index >= 15 is 0 Å². The molecule has 1 aromatic rings. The molecule has 0 saturated carbocycles. The topological polar surface area (TPSA) is 93.5 Å². The molecule has 0 saturated heterocycles. The summed E-state index contributed by atoms with van der Waals surface area (Å²) in [5.41, 5.74) is 1.21. The predicted molar refractivity (Wildman–Crippen MR) is 95.9 cm³/mol. The van der Waals surface area contributed by atoms with E-state index in [0.29, 0.717) is 28.2 Å². The van der Waals surface area contributed by atoms with E-state index in [1.807, 2.05) is 20.8 Å². The molecule has 2 aliphatic rings. The number of ether oxygens (including phenoxy) is 1. The number of nitrogens with one attached hydrogen (secondary N) is 1. The molecule has 0 aromatic carbocycles. The Bertz CT molecular complexity index is 780. The average molecular weight is 464 g/mol. The molecule has 2 aliphatic heterocycles. The molecule has 0 spiro atoms. The summed E-state index contributed by atoms with van der Waals surface area (Å²) in [6.07, 6.45) is 1.48. The molecule has 2 amide bonds. The Morgan fingerprint density at radius 3 is 2.75 bits per heavy atom. The monoisotopic (exact) mass is 464 g/mol. The van der Waals surface area contributed by atoms with Gasteiger partial charge in [0.05, 0.1) is 12.2 Å². The number of fused-ring (bicyclic) bond motifs is 1. The largest absolute Gasteiger partial charge is 0.444 e. The molecule has 0 bridgehead atoms. The number of rotatable bonds is 1. The number of carbonyl (C=O) groups excluding carboxylic acids is 2. The molecule has 0 fully saturated rings. The Kier molecular flexibility index (Phi) is 4.45. The number of nitrogens with zero attached hydrogens (tertiary/aromatic N) is 3. The van der Waals surface area contributed by atoms with Gasteiger partial charge < -0.3 is 9.64 Å². The quantitative estimate of drug-likeness (QED) is 0.634. The lowest BCUT2D eigenvalue weighted by Gasteiger charge is -2.30. The van der Waals surface area contributed by atoms with Gasteiger partial charge in [-0.25, -0.2) is 13.7 Å². The van der Waals surface area contributed by atoms with Gasteiger partial charge in [-0.15, -0.1) is 0 Å². The normalized spacial score (nSPS) is 20.5. The summed E-state index contributed by atoms with van der Waals surface area (Å²) in [6.45, 7) is 6.34. The molecule has 1 aromatic heterocycles. The first-order chi connectivity index (χ1) is 11.2. The fourth-order valence-electron chi connectivity index (χ4n) is 2.52. The first-order valence-corrected chi connectivity index (χ1v) is 9.57. The van der Waals surface area contributed by atoms with E-state index in [4.69, 9.17) is 4.74 Å². The van der Waals surface area contributed by atoms with Crippen molar-refractivity contribution in [2.75, 3.05) is 6.54 Å². The van der Waals surface area contributed by atoms with Crippen molar-refractivity contribution in [1.82, 2.24) is 19.4 Å². The Balaban J connectivity index is 1.87. The summed E-state index contributed by atoms with van der Waals surface area (Å²) in [5.74, 6) is -0.395. The van der Waals surface area contributed by atoms with Crippen LogP contribution in [0, 0.1) is 3.70 Å². The first kappa shape index (κ1) is 17.4. The summed E-state index contributed by atoms with van der Waals surface area (Å²) in [7, 11) is -1.60. The first-order valence-electron chi connectivity index (χ1n) is 7.34. The zero-order chi connectivity index (χ0) is 17.6. The fraction of sp³-hybridized carbons (Fsp3) is 0.500. The van der Waals surface area contributed by atoms with Gasteiger partial charge in [0.25, 0.3) is 5.91 Å². The number of aromatic nitrogens is 2. The maximum Gasteiger partial charge on any atom is 0.410 e. The zero-order valence-electron chi connectivity index (χ0n) is 13.5. The highest BCUT2D eigenvalue weighted by Gasteiger charge is 2.32. The minimum Gasteiger partial charge on any atom is -0.444 e. The Morgan fingerprint density at radius 2 is 2.17 bits per heavy atom. The molecule has 3 rings (SSSR count). The average Bonchev–Trinajstić information content (AvgIpc) is 2.96. The van der Waals surface area contributed by atoms with Crippen LogP contribution in [0.4, 0.5) is 4.79 Å². The molecule has 10 heteroatoms. The third-order valence-electron chi connectivity index (χ3n) is 3.51. The molecular formula is C14H17IN4O4S. The standard InChI is InChI=1S/C14H17IN4O4S/c1-14(2,3)23-13(21)18-5-4-9-8(7-18)12(15)16-19(9)11-6-10(20)17-24(11)22/h6H,4-5,7H2,1-3H3,(H,17,20). The molecule has 24 heavy (non-hydrogen) atoms. The summed E-state index contributed by atoms with van der Waals surface area (Å²) < 4.78 is 22.0. The van der Waals surface area contributed by atoms with E-state index in [1.165, 1.54) is 6.08 Å². The minimum absolute atomic E-state index is 0.324. The molecule has 1 atom stereocenters. The van der Waals surface area contributed by atoms with Crippen LogP contribution >= 0.6 is 22.6 Å². The summed E-state index contributed by atoms with van der Waals surface area (Å²) in [4.78, 5) is 25.3. The van der Waals surface area contributed by atoms with Gasteiger partial charge >= 0.3 is 6.09 Å². The van der Waals surface area contributed by atoms with Crippen LogP contribution in [-0.4, -0.2) is 43.0 Å². The van der Waals surface area contributed by atoms with Crippen molar-refractivity contribution < 1.29 is 18.5 Å². The number of amides is 2. The Morgan fingerprint density at radius 1 is 1.46 bits per heavy atom. The van der Waals surface area contributed by atoms with Crippen molar-refractivity contribution in [2.45, 2.75) is 39.3 Å². The van der Waals surface area contributed by atoms with E-state index in [2.05, 4.69) is 32.4 Å². The zero-order valence-corrected chi connectivity index (χ0v) is 16.4. The van der Waals surface area contributed by atoms with E-state index < -0.39 is 22.5 Å². The van der Waals surface area contributed by atoms with Crippen LogP contribution in [0.15, 0.2) is 6.08 Å².